The minimum absolute atomic E-state index is 0.000427. The quantitative estimate of drug-likeness (QED) is 0.244. The fraction of sp³-hybridized carbons (Fsp3) is 0.120. The van der Waals surface area contributed by atoms with Crippen molar-refractivity contribution in [2.45, 2.75) is 20.5 Å². The molecule has 3 aromatic rings. The molecule has 0 aliphatic heterocycles. The summed E-state index contributed by atoms with van der Waals surface area (Å²) < 4.78 is 7.32. The Kier molecular flexibility index (Phi) is 8.14. The molecule has 0 spiro atoms. The molecule has 162 valence electrons. The van der Waals surface area contributed by atoms with Crippen LogP contribution in [0, 0.1) is 25.2 Å². The predicted molar refractivity (Wildman–Crippen MR) is 136 cm³/mol. The third-order valence-corrected chi connectivity index (χ3v) is 6.06. The first kappa shape index (κ1) is 24.1. The monoisotopic (exact) mass is 572 g/mol. The fourth-order valence-corrected chi connectivity index (χ4v) is 4.49. The summed E-state index contributed by atoms with van der Waals surface area (Å²) >= 11 is 12.9. The van der Waals surface area contributed by atoms with E-state index >= 15 is 0 Å². The number of benzene rings is 3. The molecule has 1 N–H and O–H groups in total. The fourth-order valence-electron chi connectivity index (χ4n) is 2.91. The third kappa shape index (κ3) is 6.23. The van der Waals surface area contributed by atoms with E-state index in [4.69, 9.17) is 16.3 Å². The Morgan fingerprint density at radius 2 is 1.75 bits per heavy atom. The summed E-state index contributed by atoms with van der Waals surface area (Å²) in [6.07, 6.45) is 1.54. The van der Waals surface area contributed by atoms with Gasteiger partial charge in [-0.2, -0.15) is 5.26 Å². The Labute approximate surface area is 209 Å². The average Bonchev–Trinajstić information content (AvgIpc) is 2.75. The van der Waals surface area contributed by atoms with Crippen molar-refractivity contribution in [1.82, 2.24) is 0 Å². The van der Waals surface area contributed by atoms with Gasteiger partial charge in [-0.15, -0.1) is 0 Å². The summed E-state index contributed by atoms with van der Waals surface area (Å²) in [5, 5.41) is 13.0. The maximum Gasteiger partial charge on any atom is 0.266 e. The number of nitrogens with zero attached hydrogens (tertiary/aromatic N) is 1. The van der Waals surface area contributed by atoms with Gasteiger partial charge in [0.2, 0.25) is 0 Å². The van der Waals surface area contributed by atoms with Crippen LogP contribution in [0.25, 0.3) is 6.08 Å². The first-order valence-corrected chi connectivity index (χ1v) is 11.6. The Morgan fingerprint density at radius 1 is 1.09 bits per heavy atom. The first-order valence-electron chi connectivity index (χ1n) is 9.63. The lowest BCUT2D eigenvalue weighted by Crippen LogP contribution is -2.14. The van der Waals surface area contributed by atoms with Crippen molar-refractivity contribution in [3.05, 3.63) is 96.4 Å². The van der Waals surface area contributed by atoms with Gasteiger partial charge in [0.1, 0.15) is 24.0 Å². The van der Waals surface area contributed by atoms with Crippen LogP contribution in [0.1, 0.15) is 22.3 Å². The molecule has 0 radical (unpaired) electrons. The molecule has 3 aromatic carbocycles. The number of amides is 1. The molecule has 0 aromatic heterocycles. The second-order valence-corrected chi connectivity index (χ2v) is 9.32. The number of nitriles is 1. The van der Waals surface area contributed by atoms with Gasteiger partial charge in [-0.3, -0.25) is 4.79 Å². The molecular weight excluding hydrogens is 556 g/mol. The number of anilines is 1. The third-order valence-electron chi connectivity index (χ3n) is 4.63. The summed E-state index contributed by atoms with van der Waals surface area (Å²) in [7, 11) is 0. The molecule has 0 aliphatic carbocycles. The summed E-state index contributed by atoms with van der Waals surface area (Å²) in [4.78, 5) is 12.7. The molecule has 0 bridgehead atoms. The summed E-state index contributed by atoms with van der Waals surface area (Å²) in [6.45, 7) is 4.22. The lowest BCUT2D eigenvalue weighted by atomic mass is 10.1. The molecule has 0 saturated carbocycles. The smallest absolute Gasteiger partial charge is 0.266 e. The van der Waals surface area contributed by atoms with Gasteiger partial charge in [0, 0.05) is 10.7 Å². The average molecular weight is 575 g/mol. The van der Waals surface area contributed by atoms with Crippen LogP contribution in [0.3, 0.4) is 0 Å². The lowest BCUT2D eigenvalue weighted by Gasteiger charge is -2.12. The van der Waals surface area contributed by atoms with Gasteiger partial charge in [-0.25, -0.2) is 0 Å². The normalized spacial score (nSPS) is 11.1. The van der Waals surface area contributed by atoms with Crippen molar-refractivity contribution in [2.24, 2.45) is 0 Å². The molecule has 0 saturated heterocycles. The molecule has 0 fully saturated rings. The highest BCUT2D eigenvalue weighted by Crippen LogP contribution is 2.36. The SMILES string of the molecule is Cc1ccc(C)c(NC(=O)/C(C#N)=C/c2cc(Br)c(OCc3ccc(Cl)cc3)c(Br)c2)c1. The Morgan fingerprint density at radius 3 is 2.38 bits per heavy atom. The number of nitrogens with one attached hydrogen (secondary N) is 1. The van der Waals surface area contributed by atoms with E-state index < -0.39 is 5.91 Å². The second kappa shape index (κ2) is 10.8. The highest BCUT2D eigenvalue weighted by atomic mass is 79.9. The molecule has 1 amide bonds. The first-order chi connectivity index (χ1) is 15.3. The van der Waals surface area contributed by atoms with E-state index in [0.717, 1.165) is 16.7 Å². The highest BCUT2D eigenvalue weighted by molar-refractivity contribution is 9.11. The van der Waals surface area contributed by atoms with Crippen molar-refractivity contribution in [2.75, 3.05) is 5.32 Å². The van der Waals surface area contributed by atoms with Gasteiger partial charge in [-0.05, 0) is 104 Å². The molecule has 0 aliphatic rings. The van der Waals surface area contributed by atoms with Crippen molar-refractivity contribution in [1.29, 1.82) is 5.26 Å². The van der Waals surface area contributed by atoms with Gasteiger partial charge in [-0.1, -0.05) is 35.9 Å². The number of hydrogen-bond acceptors (Lipinski definition) is 3. The predicted octanol–water partition coefficient (Wildman–Crippen LogP) is 7.61. The molecular formula is C25H19Br2ClN2O2. The van der Waals surface area contributed by atoms with E-state index in [9.17, 15) is 10.1 Å². The van der Waals surface area contributed by atoms with E-state index in [2.05, 4.69) is 37.2 Å². The van der Waals surface area contributed by atoms with Gasteiger partial charge < -0.3 is 10.1 Å². The van der Waals surface area contributed by atoms with Gasteiger partial charge in [0.15, 0.2) is 0 Å². The Bertz CT molecular complexity index is 1210. The van der Waals surface area contributed by atoms with Crippen LogP contribution in [0.15, 0.2) is 69.1 Å². The molecule has 7 heteroatoms. The van der Waals surface area contributed by atoms with E-state index in [1.54, 1.807) is 18.2 Å². The summed E-state index contributed by atoms with van der Waals surface area (Å²) in [5.41, 5.74) is 4.29. The zero-order valence-corrected chi connectivity index (χ0v) is 21.3. The zero-order chi connectivity index (χ0) is 23.3. The van der Waals surface area contributed by atoms with Crippen molar-refractivity contribution in [3.63, 3.8) is 0 Å². The lowest BCUT2D eigenvalue weighted by molar-refractivity contribution is -0.112. The van der Waals surface area contributed by atoms with Crippen molar-refractivity contribution >= 4 is 61.1 Å². The number of carbonyl (C=O) groups is 1. The number of halogens is 3. The Balaban J connectivity index is 1.78. The van der Waals surface area contributed by atoms with Crippen molar-refractivity contribution < 1.29 is 9.53 Å². The molecule has 0 atom stereocenters. The molecule has 3 rings (SSSR count). The van der Waals surface area contributed by atoms with Crippen LogP contribution < -0.4 is 10.1 Å². The minimum atomic E-state index is -0.462. The number of aryl methyl sites for hydroxylation is 2. The number of ether oxygens (including phenoxy) is 1. The summed E-state index contributed by atoms with van der Waals surface area (Å²) in [5.74, 6) is 0.159. The van der Waals surface area contributed by atoms with Crippen LogP contribution >= 0.6 is 43.5 Å². The maximum atomic E-state index is 12.7. The Hall–Kier alpha value is -2.59. The van der Waals surface area contributed by atoms with Gasteiger partial charge in [0.05, 0.1) is 8.95 Å². The maximum absolute atomic E-state index is 12.7. The van der Waals surface area contributed by atoms with Gasteiger partial charge in [0.25, 0.3) is 5.91 Å². The molecule has 32 heavy (non-hydrogen) atoms. The van der Waals surface area contributed by atoms with Gasteiger partial charge >= 0.3 is 0 Å². The standard InChI is InChI=1S/C25H19Br2ClN2O2/c1-15-3-4-16(2)23(9-15)30-25(31)19(13-29)10-18-11-21(26)24(22(27)12-18)32-14-17-5-7-20(28)8-6-17/h3-12H,14H2,1-2H3,(H,30,31)/b19-10+. The summed E-state index contributed by atoms with van der Waals surface area (Å²) in [6, 6.07) is 18.8. The van der Waals surface area contributed by atoms with Crippen LogP contribution in [0.4, 0.5) is 5.69 Å². The van der Waals surface area contributed by atoms with E-state index in [0.29, 0.717) is 37.6 Å². The zero-order valence-electron chi connectivity index (χ0n) is 17.4. The molecule has 0 heterocycles. The second-order valence-electron chi connectivity index (χ2n) is 7.17. The minimum Gasteiger partial charge on any atom is -0.487 e. The van der Waals surface area contributed by atoms with Crippen molar-refractivity contribution in [3.8, 4) is 11.8 Å². The highest BCUT2D eigenvalue weighted by Gasteiger charge is 2.14. The van der Waals surface area contributed by atoms with Crippen LogP contribution in [0.2, 0.25) is 5.02 Å². The van der Waals surface area contributed by atoms with E-state index in [-0.39, 0.29) is 5.57 Å². The van der Waals surface area contributed by atoms with Crippen LogP contribution in [-0.4, -0.2) is 5.91 Å². The van der Waals surface area contributed by atoms with Crippen LogP contribution in [0.5, 0.6) is 5.75 Å². The largest absolute Gasteiger partial charge is 0.487 e. The number of hydrogen-bond donors (Lipinski definition) is 1. The van der Waals surface area contributed by atoms with E-state index in [1.807, 2.05) is 62.4 Å². The van der Waals surface area contributed by atoms with E-state index in [1.165, 1.54) is 0 Å². The molecule has 0 unspecified atom stereocenters. The van der Waals surface area contributed by atoms with Crippen LogP contribution in [-0.2, 0) is 11.4 Å². The topological polar surface area (TPSA) is 62.1 Å². The number of rotatable bonds is 6. The number of carbonyl (C=O) groups excluding carboxylic acids is 1. The molecule has 4 nitrogen and oxygen atoms in total.